The van der Waals surface area contributed by atoms with Gasteiger partial charge in [0.15, 0.2) is 0 Å². The van der Waals surface area contributed by atoms with Gasteiger partial charge in [0, 0.05) is 0 Å². The topological polar surface area (TPSA) is 243 Å². The molecule has 1 aromatic carbocycles. The Morgan fingerprint density at radius 3 is 0.963 bits per heavy atom. The van der Waals surface area contributed by atoms with Crippen molar-refractivity contribution in [3.63, 3.8) is 0 Å². The zero-order chi connectivity index (χ0) is 22.9. The average Bonchev–Trinajstić information content (AvgIpc) is 2.40. The second kappa shape index (κ2) is 20.1. The van der Waals surface area contributed by atoms with Crippen molar-refractivity contribution in [3.05, 3.63) is 29.3 Å². The Kier molecular flexibility index (Phi) is 25.2. The molecule has 0 aromatic heterocycles. The quantitative estimate of drug-likeness (QED) is 0.0836. The Bertz CT molecular complexity index is 426. The van der Waals surface area contributed by atoms with E-state index < -0.39 is 52.6 Å². The van der Waals surface area contributed by atoms with E-state index in [1.165, 1.54) is 0 Å². The molecular formula is C6H13B4F4LiO12. The predicted octanol–water partition coefficient (Wildman–Crippen LogP) is -7.17. The maximum atomic E-state index is 12.4. The minimum absolute atomic E-state index is 0.249. The molecule has 1 aromatic rings. The van der Waals surface area contributed by atoms with Crippen molar-refractivity contribution < 1.29 is 77.8 Å². The molecule has 12 N–H and O–H groups in total. The summed E-state index contributed by atoms with van der Waals surface area (Å²) in [7, 11) is -8.67. The fraction of sp³-hybridized carbons (Fsp3) is 0. The Labute approximate surface area is 159 Å². The third kappa shape index (κ3) is 36.9. The summed E-state index contributed by atoms with van der Waals surface area (Å²) in [5, 5.41) is 86.0. The first-order valence-electron chi connectivity index (χ1n) is 5.93. The fourth-order valence-corrected chi connectivity index (χ4v) is 0.691. The Hall–Kier alpha value is -0.683. The van der Waals surface area contributed by atoms with E-state index in [4.69, 9.17) is 60.3 Å². The molecule has 0 aliphatic heterocycles. The predicted molar refractivity (Wildman–Crippen MR) is 81.3 cm³/mol. The van der Waals surface area contributed by atoms with Gasteiger partial charge < -0.3 is 60.3 Å². The van der Waals surface area contributed by atoms with Gasteiger partial charge >= 0.3 is 98.1 Å². The van der Waals surface area contributed by atoms with Crippen molar-refractivity contribution in [2.24, 2.45) is 0 Å². The van der Waals surface area contributed by atoms with Gasteiger partial charge in [-0.3, -0.25) is 0 Å². The number of hydrogen-bond donors (Lipinski definition) is 12. The first-order valence-corrected chi connectivity index (χ1v) is 5.93. The molecule has 0 amide bonds. The normalized spacial score (nSPS) is 8.22. The zero-order valence-corrected chi connectivity index (χ0v) is 13.3. The Balaban J connectivity index is -0.000000139. The molecule has 12 nitrogen and oxygen atoms in total. The summed E-state index contributed by atoms with van der Waals surface area (Å²) in [6.45, 7) is 0. The standard InChI is InChI=1S/C6HF4.4BH3O3.Li/c7-3-1-2-4(8)6(10)5(3)9;4*2-1(3)4;/h1H;4*2-4H;. The summed E-state index contributed by atoms with van der Waals surface area (Å²) in [4.78, 5) is 0. The maximum absolute atomic E-state index is 12.4. The third-order valence-corrected chi connectivity index (χ3v) is 1.28. The van der Waals surface area contributed by atoms with Crippen LogP contribution >= 0.6 is 0 Å². The van der Waals surface area contributed by atoms with E-state index in [9.17, 15) is 17.6 Å². The number of benzene rings is 1. The SMILES string of the molecule is OB(O)O.OB(O)O.OB(O)O.OB(O)O.[Li][c]1cc(F)c(F)c(F)c1F. The van der Waals surface area contributed by atoms with Crippen LogP contribution in [0.5, 0.6) is 0 Å². The van der Waals surface area contributed by atoms with Gasteiger partial charge in [0.25, 0.3) is 0 Å². The second-order valence-corrected chi connectivity index (χ2v) is 3.50. The molecule has 0 aliphatic carbocycles. The van der Waals surface area contributed by atoms with Crippen LogP contribution in [0.15, 0.2) is 6.07 Å². The average molecular weight is 403 g/mol. The van der Waals surface area contributed by atoms with E-state index in [1.54, 1.807) is 0 Å². The summed E-state index contributed by atoms with van der Waals surface area (Å²) in [5.41, 5.74) is 0. The summed E-state index contributed by atoms with van der Waals surface area (Å²) < 4.78 is 48.8. The van der Waals surface area contributed by atoms with E-state index in [-0.39, 0.29) is 4.24 Å². The summed E-state index contributed by atoms with van der Waals surface area (Å²) in [6, 6.07) is 0.605. The van der Waals surface area contributed by atoms with Crippen LogP contribution in [-0.2, 0) is 0 Å². The van der Waals surface area contributed by atoms with Crippen molar-refractivity contribution in [3.8, 4) is 0 Å². The van der Waals surface area contributed by atoms with Crippen LogP contribution < -0.4 is 4.24 Å². The molecular weight excluding hydrogens is 390 g/mol. The Morgan fingerprint density at radius 2 is 0.741 bits per heavy atom. The Morgan fingerprint density at radius 1 is 0.519 bits per heavy atom. The van der Waals surface area contributed by atoms with Crippen LogP contribution in [0, 0.1) is 23.3 Å². The van der Waals surface area contributed by atoms with Crippen LogP contribution in [0.25, 0.3) is 0 Å². The van der Waals surface area contributed by atoms with Crippen molar-refractivity contribution in [2.45, 2.75) is 0 Å². The van der Waals surface area contributed by atoms with Gasteiger partial charge in [-0.1, -0.05) is 0 Å². The van der Waals surface area contributed by atoms with E-state index in [2.05, 4.69) is 0 Å². The molecule has 0 spiro atoms. The second-order valence-electron chi connectivity index (χ2n) is 3.50. The van der Waals surface area contributed by atoms with Crippen molar-refractivity contribution in [1.82, 2.24) is 0 Å². The van der Waals surface area contributed by atoms with E-state index in [1.807, 2.05) is 0 Å². The molecule has 0 radical (unpaired) electrons. The van der Waals surface area contributed by atoms with Gasteiger partial charge in [-0.25, -0.2) is 0 Å². The van der Waals surface area contributed by atoms with Gasteiger partial charge in [-0.2, -0.15) is 0 Å². The summed E-state index contributed by atoms with van der Waals surface area (Å²) in [6.07, 6.45) is 0. The van der Waals surface area contributed by atoms with Crippen molar-refractivity contribution in [2.75, 3.05) is 0 Å². The molecule has 27 heavy (non-hydrogen) atoms. The van der Waals surface area contributed by atoms with Crippen LogP contribution in [-0.4, -0.2) is 107 Å². The van der Waals surface area contributed by atoms with E-state index in [0.29, 0.717) is 6.07 Å². The first kappa shape index (κ1) is 33.9. The minimum atomic E-state index is -2.17. The fourth-order valence-electron chi connectivity index (χ4n) is 0.691. The number of hydrogen-bond acceptors (Lipinski definition) is 12. The zero-order valence-electron chi connectivity index (χ0n) is 13.3. The molecule has 0 saturated carbocycles. The van der Waals surface area contributed by atoms with Crippen molar-refractivity contribution >= 4 is 51.2 Å². The molecule has 0 aliphatic rings. The van der Waals surface area contributed by atoms with Gasteiger partial charge in [0.2, 0.25) is 0 Å². The number of halogens is 4. The van der Waals surface area contributed by atoms with Crippen LogP contribution in [0.3, 0.4) is 0 Å². The van der Waals surface area contributed by atoms with Gasteiger partial charge in [-0.05, 0) is 0 Å². The van der Waals surface area contributed by atoms with Crippen molar-refractivity contribution in [1.29, 1.82) is 0 Å². The summed E-state index contributed by atoms with van der Waals surface area (Å²) in [5.74, 6) is -6.25. The molecule has 0 fully saturated rings. The van der Waals surface area contributed by atoms with Crippen LogP contribution in [0.2, 0.25) is 0 Å². The van der Waals surface area contributed by atoms with Gasteiger partial charge in [0.05, 0.1) is 0 Å². The summed E-state index contributed by atoms with van der Waals surface area (Å²) >= 11 is 1.15. The van der Waals surface area contributed by atoms with Crippen LogP contribution in [0.4, 0.5) is 17.6 Å². The molecule has 0 atom stereocenters. The van der Waals surface area contributed by atoms with E-state index in [0.717, 1.165) is 17.7 Å². The third-order valence-electron chi connectivity index (χ3n) is 1.28. The first-order chi connectivity index (χ1) is 12.0. The molecule has 150 valence electrons. The molecule has 0 bridgehead atoms. The van der Waals surface area contributed by atoms with Gasteiger partial charge in [0.1, 0.15) is 0 Å². The monoisotopic (exact) mass is 404 g/mol. The molecule has 0 unspecified atom stereocenters. The molecule has 0 saturated heterocycles. The molecule has 0 heterocycles. The van der Waals surface area contributed by atoms with Crippen LogP contribution in [0.1, 0.15) is 0 Å². The van der Waals surface area contributed by atoms with Gasteiger partial charge in [-0.15, -0.1) is 0 Å². The van der Waals surface area contributed by atoms with E-state index >= 15 is 0 Å². The number of rotatable bonds is 0. The molecule has 1 rings (SSSR count). The molecule has 21 heteroatoms.